The Morgan fingerprint density at radius 1 is 1.03 bits per heavy atom. The Kier molecular flexibility index (Phi) is 7.19. The molecule has 3 aromatic carbocycles. The van der Waals surface area contributed by atoms with E-state index in [9.17, 15) is 23.5 Å². The molecular formula is C27H25F2N3O4. The number of halogens is 2. The summed E-state index contributed by atoms with van der Waals surface area (Å²) in [6.45, 7) is 0.744. The average Bonchev–Trinajstić information content (AvgIpc) is 3.14. The van der Waals surface area contributed by atoms with Crippen molar-refractivity contribution in [1.29, 1.82) is 0 Å². The minimum Gasteiger partial charge on any atom is -0.507 e. The van der Waals surface area contributed by atoms with Gasteiger partial charge in [0.15, 0.2) is 0 Å². The number of carbonyl (C=O) groups is 2. The summed E-state index contributed by atoms with van der Waals surface area (Å²) in [6.07, 6.45) is 2.33. The molecule has 9 heteroatoms. The first-order chi connectivity index (χ1) is 17.2. The van der Waals surface area contributed by atoms with Crippen LogP contribution in [0.2, 0.25) is 0 Å². The van der Waals surface area contributed by atoms with Gasteiger partial charge >= 0.3 is 0 Å². The SMILES string of the molecule is COc1ccc2c(c1)c(CCNC(=O)Cc1cc(F)cc(F)c1)cn2Cc1ccc(C(N)=O)c(O)c1. The molecule has 186 valence electrons. The van der Waals surface area contributed by atoms with Gasteiger partial charge < -0.3 is 25.5 Å². The van der Waals surface area contributed by atoms with Gasteiger partial charge in [0.25, 0.3) is 5.91 Å². The molecule has 0 saturated carbocycles. The first-order valence-electron chi connectivity index (χ1n) is 11.2. The van der Waals surface area contributed by atoms with Crippen molar-refractivity contribution in [1.82, 2.24) is 9.88 Å². The van der Waals surface area contributed by atoms with Crippen LogP contribution in [0.3, 0.4) is 0 Å². The Morgan fingerprint density at radius 3 is 2.44 bits per heavy atom. The van der Waals surface area contributed by atoms with Crippen molar-refractivity contribution in [2.75, 3.05) is 13.7 Å². The molecule has 1 heterocycles. The lowest BCUT2D eigenvalue weighted by Crippen LogP contribution is -2.27. The second kappa shape index (κ2) is 10.5. The van der Waals surface area contributed by atoms with E-state index in [2.05, 4.69) is 5.32 Å². The number of nitrogens with zero attached hydrogens (tertiary/aromatic N) is 1. The van der Waals surface area contributed by atoms with Crippen molar-refractivity contribution in [2.24, 2.45) is 5.73 Å². The number of ether oxygens (including phenoxy) is 1. The number of fused-ring (bicyclic) bond motifs is 1. The van der Waals surface area contributed by atoms with Gasteiger partial charge in [-0.3, -0.25) is 9.59 Å². The lowest BCUT2D eigenvalue weighted by molar-refractivity contribution is -0.120. The number of primary amides is 1. The third kappa shape index (κ3) is 5.63. The van der Waals surface area contributed by atoms with Crippen LogP contribution in [0.15, 0.2) is 60.8 Å². The summed E-state index contributed by atoms with van der Waals surface area (Å²) in [5, 5.41) is 13.9. The summed E-state index contributed by atoms with van der Waals surface area (Å²) in [5.41, 5.74) is 8.23. The topological polar surface area (TPSA) is 107 Å². The summed E-state index contributed by atoms with van der Waals surface area (Å²) < 4.78 is 34.1. The van der Waals surface area contributed by atoms with Crippen LogP contribution in [0, 0.1) is 11.6 Å². The number of benzene rings is 3. The van der Waals surface area contributed by atoms with Crippen LogP contribution in [-0.4, -0.2) is 35.1 Å². The maximum absolute atomic E-state index is 13.4. The van der Waals surface area contributed by atoms with Crippen molar-refractivity contribution < 1.29 is 28.2 Å². The zero-order valence-electron chi connectivity index (χ0n) is 19.6. The Bertz CT molecular complexity index is 1430. The number of nitrogens with two attached hydrogens (primary N) is 1. The van der Waals surface area contributed by atoms with Crippen LogP contribution < -0.4 is 15.8 Å². The Labute approximate surface area is 206 Å². The van der Waals surface area contributed by atoms with E-state index in [4.69, 9.17) is 10.5 Å². The molecule has 0 aliphatic carbocycles. The molecule has 7 nitrogen and oxygen atoms in total. The van der Waals surface area contributed by atoms with Gasteiger partial charge in [0.05, 0.1) is 19.1 Å². The number of phenols is 1. The smallest absolute Gasteiger partial charge is 0.252 e. The summed E-state index contributed by atoms with van der Waals surface area (Å²) in [6, 6.07) is 13.4. The molecule has 4 rings (SSSR count). The summed E-state index contributed by atoms with van der Waals surface area (Å²) >= 11 is 0. The molecule has 2 amide bonds. The molecule has 0 radical (unpaired) electrons. The van der Waals surface area contributed by atoms with Crippen molar-refractivity contribution in [3.05, 3.63) is 94.7 Å². The van der Waals surface area contributed by atoms with E-state index < -0.39 is 17.5 Å². The molecule has 4 N–H and O–H groups in total. The lowest BCUT2D eigenvalue weighted by Gasteiger charge is -2.08. The van der Waals surface area contributed by atoms with E-state index in [-0.39, 0.29) is 29.2 Å². The molecule has 0 spiro atoms. The third-order valence-corrected chi connectivity index (χ3v) is 5.85. The quantitative estimate of drug-likeness (QED) is 0.331. The highest BCUT2D eigenvalue weighted by Gasteiger charge is 2.13. The maximum atomic E-state index is 13.4. The predicted molar refractivity (Wildman–Crippen MR) is 131 cm³/mol. The van der Waals surface area contributed by atoms with Crippen molar-refractivity contribution >= 4 is 22.7 Å². The number of nitrogens with one attached hydrogen (secondary N) is 1. The third-order valence-electron chi connectivity index (χ3n) is 5.85. The molecular weight excluding hydrogens is 468 g/mol. The molecule has 0 unspecified atom stereocenters. The summed E-state index contributed by atoms with van der Waals surface area (Å²) in [7, 11) is 1.58. The van der Waals surface area contributed by atoms with E-state index in [0.29, 0.717) is 25.3 Å². The summed E-state index contributed by atoms with van der Waals surface area (Å²) in [5.74, 6) is -1.99. The number of rotatable bonds is 9. The van der Waals surface area contributed by atoms with Gasteiger partial charge in [-0.15, -0.1) is 0 Å². The van der Waals surface area contributed by atoms with Crippen LogP contribution in [-0.2, 0) is 24.2 Å². The minimum absolute atomic E-state index is 0.0539. The number of aromatic hydroxyl groups is 1. The number of hydrogen-bond donors (Lipinski definition) is 3. The zero-order chi connectivity index (χ0) is 25.8. The van der Waals surface area contributed by atoms with E-state index in [0.717, 1.165) is 40.2 Å². The van der Waals surface area contributed by atoms with E-state index in [1.165, 1.54) is 12.1 Å². The molecule has 0 fully saturated rings. The highest BCUT2D eigenvalue weighted by molar-refractivity contribution is 5.95. The van der Waals surface area contributed by atoms with Crippen molar-refractivity contribution in [3.8, 4) is 11.5 Å². The average molecular weight is 494 g/mol. The lowest BCUT2D eigenvalue weighted by atomic mass is 10.1. The first-order valence-corrected chi connectivity index (χ1v) is 11.2. The molecule has 0 atom stereocenters. The fraction of sp³-hybridized carbons (Fsp3) is 0.185. The number of aromatic nitrogens is 1. The van der Waals surface area contributed by atoms with Gasteiger partial charge in [-0.2, -0.15) is 0 Å². The van der Waals surface area contributed by atoms with E-state index in [1.54, 1.807) is 13.2 Å². The molecule has 0 saturated heterocycles. The molecule has 4 aromatic rings. The van der Waals surface area contributed by atoms with Crippen molar-refractivity contribution in [2.45, 2.75) is 19.4 Å². The van der Waals surface area contributed by atoms with Gasteiger partial charge in [0.2, 0.25) is 5.91 Å². The van der Waals surface area contributed by atoms with Crippen LogP contribution in [0.5, 0.6) is 11.5 Å². The highest BCUT2D eigenvalue weighted by atomic mass is 19.1. The summed E-state index contributed by atoms with van der Waals surface area (Å²) in [4.78, 5) is 23.7. The minimum atomic E-state index is -0.725. The first kappa shape index (κ1) is 24.7. The monoisotopic (exact) mass is 493 g/mol. The Hall–Kier alpha value is -4.40. The maximum Gasteiger partial charge on any atom is 0.252 e. The molecule has 0 aliphatic heterocycles. The Morgan fingerprint density at radius 2 is 1.78 bits per heavy atom. The van der Waals surface area contributed by atoms with Gasteiger partial charge in [-0.25, -0.2) is 8.78 Å². The normalized spacial score (nSPS) is 11.0. The second-order valence-corrected chi connectivity index (χ2v) is 8.44. The number of methoxy groups -OCH3 is 1. The van der Waals surface area contributed by atoms with E-state index in [1.807, 2.05) is 29.0 Å². The van der Waals surface area contributed by atoms with Crippen LogP contribution in [0.1, 0.15) is 27.0 Å². The fourth-order valence-corrected chi connectivity index (χ4v) is 4.19. The van der Waals surface area contributed by atoms with Crippen molar-refractivity contribution in [3.63, 3.8) is 0 Å². The van der Waals surface area contributed by atoms with Gasteiger partial charge in [-0.05, 0) is 65.6 Å². The molecule has 0 aliphatic rings. The van der Waals surface area contributed by atoms with Gasteiger partial charge in [-0.1, -0.05) is 6.07 Å². The van der Waals surface area contributed by atoms with Crippen LogP contribution >= 0.6 is 0 Å². The number of carbonyl (C=O) groups excluding carboxylic acids is 2. The standard InChI is InChI=1S/C27H25F2N3O4/c1-36-21-3-5-24-23(13-21)18(6-7-31-26(34)11-17-8-19(28)12-20(29)9-17)15-32(24)14-16-2-4-22(27(30)35)25(33)10-16/h2-5,8-10,12-13,15,33H,6-7,11,14H2,1H3,(H2,30,35)(H,31,34). The van der Waals surface area contributed by atoms with Gasteiger partial charge in [0, 0.05) is 36.3 Å². The number of amides is 2. The second-order valence-electron chi connectivity index (χ2n) is 8.44. The molecule has 1 aromatic heterocycles. The van der Waals surface area contributed by atoms with Gasteiger partial charge in [0.1, 0.15) is 23.1 Å². The number of hydrogen-bond acceptors (Lipinski definition) is 4. The zero-order valence-corrected chi connectivity index (χ0v) is 19.6. The fourth-order valence-electron chi connectivity index (χ4n) is 4.19. The van der Waals surface area contributed by atoms with Crippen LogP contribution in [0.25, 0.3) is 10.9 Å². The Balaban J connectivity index is 1.50. The molecule has 36 heavy (non-hydrogen) atoms. The molecule has 0 bridgehead atoms. The largest absolute Gasteiger partial charge is 0.507 e. The predicted octanol–water partition coefficient (Wildman–Crippen LogP) is 3.68. The van der Waals surface area contributed by atoms with Crippen LogP contribution in [0.4, 0.5) is 8.78 Å². The highest BCUT2D eigenvalue weighted by Crippen LogP contribution is 2.28. The van der Waals surface area contributed by atoms with E-state index >= 15 is 0 Å².